The van der Waals surface area contributed by atoms with Crippen molar-refractivity contribution in [2.75, 3.05) is 0 Å². The van der Waals surface area contributed by atoms with Crippen LogP contribution in [0.25, 0.3) is 10.6 Å². The Morgan fingerprint density at radius 2 is 2.15 bits per heavy atom. The van der Waals surface area contributed by atoms with E-state index in [1.165, 1.54) is 0 Å². The molecular formula is C15H19N3OS. The van der Waals surface area contributed by atoms with Gasteiger partial charge in [0.05, 0.1) is 16.1 Å². The van der Waals surface area contributed by atoms with Crippen molar-refractivity contribution in [2.45, 2.75) is 32.7 Å². The zero-order valence-electron chi connectivity index (χ0n) is 11.6. The molecule has 0 aromatic carbocycles. The largest absolute Gasteiger partial charge is 0.384 e. The van der Waals surface area contributed by atoms with Gasteiger partial charge in [0.25, 0.3) is 5.56 Å². The minimum Gasteiger partial charge on any atom is -0.384 e. The van der Waals surface area contributed by atoms with E-state index >= 15 is 0 Å². The Morgan fingerprint density at radius 1 is 1.35 bits per heavy atom. The van der Waals surface area contributed by atoms with E-state index in [9.17, 15) is 4.79 Å². The van der Waals surface area contributed by atoms with Crippen LogP contribution in [0.4, 0.5) is 0 Å². The highest BCUT2D eigenvalue weighted by Gasteiger charge is 2.12. The van der Waals surface area contributed by atoms with Gasteiger partial charge in [0, 0.05) is 6.54 Å². The summed E-state index contributed by atoms with van der Waals surface area (Å²) in [5, 5.41) is 9.49. The maximum absolute atomic E-state index is 12.5. The van der Waals surface area contributed by atoms with Gasteiger partial charge in [-0.15, -0.1) is 11.3 Å². The maximum Gasteiger partial charge on any atom is 0.262 e. The molecule has 0 saturated carbocycles. The van der Waals surface area contributed by atoms with Crippen LogP contribution in [-0.4, -0.2) is 10.4 Å². The third kappa shape index (κ3) is 2.99. The van der Waals surface area contributed by atoms with E-state index < -0.39 is 0 Å². The molecule has 106 valence electrons. The average Bonchev–Trinajstić information content (AvgIpc) is 2.94. The fraction of sp³-hybridized carbons (Fsp3) is 0.333. The number of rotatable bonds is 6. The summed E-state index contributed by atoms with van der Waals surface area (Å²) < 4.78 is 1.75. The van der Waals surface area contributed by atoms with E-state index in [4.69, 9.17) is 11.1 Å². The first-order chi connectivity index (χ1) is 9.65. The quantitative estimate of drug-likeness (QED) is 0.487. The second kappa shape index (κ2) is 6.52. The van der Waals surface area contributed by atoms with Crippen molar-refractivity contribution in [1.29, 1.82) is 5.41 Å². The Bertz CT molecular complexity index is 644. The van der Waals surface area contributed by atoms with Crippen LogP contribution in [0, 0.1) is 5.41 Å². The number of nitrogens with two attached hydrogens (primary N) is 1. The van der Waals surface area contributed by atoms with E-state index in [1.807, 2.05) is 23.6 Å². The summed E-state index contributed by atoms with van der Waals surface area (Å²) in [7, 11) is 0. The summed E-state index contributed by atoms with van der Waals surface area (Å²) in [6.07, 6.45) is 3.15. The number of aromatic nitrogens is 1. The molecule has 3 N–H and O–H groups in total. The fourth-order valence-corrected chi connectivity index (χ4v) is 2.92. The molecule has 0 aliphatic rings. The van der Waals surface area contributed by atoms with Gasteiger partial charge in [-0.05, 0) is 30.0 Å². The molecule has 0 radical (unpaired) electrons. The lowest BCUT2D eigenvalue weighted by molar-refractivity contribution is 0.592. The number of hydrogen-bond acceptors (Lipinski definition) is 3. The molecule has 2 aromatic heterocycles. The number of amidine groups is 1. The Labute approximate surface area is 122 Å². The molecule has 0 fully saturated rings. The van der Waals surface area contributed by atoms with E-state index in [0.717, 1.165) is 29.8 Å². The van der Waals surface area contributed by atoms with Crippen molar-refractivity contribution in [3.8, 4) is 10.6 Å². The van der Waals surface area contributed by atoms with Crippen molar-refractivity contribution in [1.82, 2.24) is 4.57 Å². The van der Waals surface area contributed by atoms with Gasteiger partial charge in [-0.25, -0.2) is 0 Å². The predicted octanol–water partition coefficient (Wildman–Crippen LogP) is 3.05. The molecule has 0 amide bonds. The first-order valence-corrected chi connectivity index (χ1v) is 7.65. The van der Waals surface area contributed by atoms with Crippen LogP contribution in [0.1, 0.15) is 31.7 Å². The molecule has 5 heteroatoms. The lowest BCUT2D eigenvalue weighted by atomic mass is 10.2. The highest BCUT2D eigenvalue weighted by atomic mass is 32.1. The molecule has 20 heavy (non-hydrogen) atoms. The first-order valence-electron chi connectivity index (χ1n) is 6.77. The van der Waals surface area contributed by atoms with Crippen LogP contribution in [0.15, 0.2) is 34.4 Å². The van der Waals surface area contributed by atoms with Crippen LogP contribution in [-0.2, 0) is 6.54 Å². The molecular weight excluding hydrogens is 270 g/mol. The lowest BCUT2D eigenvalue weighted by Crippen LogP contribution is -2.30. The normalized spacial score (nSPS) is 10.7. The number of hydrogen-bond donors (Lipinski definition) is 2. The van der Waals surface area contributed by atoms with E-state index in [2.05, 4.69) is 6.92 Å². The Morgan fingerprint density at radius 3 is 2.75 bits per heavy atom. The number of unbranched alkanes of at least 4 members (excludes halogenated alkanes) is 2. The smallest absolute Gasteiger partial charge is 0.262 e. The molecule has 0 aliphatic carbocycles. The van der Waals surface area contributed by atoms with Gasteiger partial charge < -0.3 is 10.3 Å². The van der Waals surface area contributed by atoms with E-state index in [1.54, 1.807) is 22.0 Å². The lowest BCUT2D eigenvalue weighted by Gasteiger charge is -2.13. The number of nitrogen functional groups attached to an aromatic ring is 1. The van der Waals surface area contributed by atoms with Gasteiger partial charge >= 0.3 is 0 Å². The number of pyridine rings is 1. The molecule has 0 atom stereocenters. The summed E-state index contributed by atoms with van der Waals surface area (Å²) in [5.41, 5.74) is 6.50. The monoisotopic (exact) mass is 289 g/mol. The zero-order chi connectivity index (χ0) is 14.5. The minimum absolute atomic E-state index is 0.167. The molecule has 0 aliphatic heterocycles. The van der Waals surface area contributed by atoms with E-state index in [-0.39, 0.29) is 17.0 Å². The number of nitrogens with one attached hydrogen (secondary N) is 1. The van der Waals surface area contributed by atoms with Crippen LogP contribution in [0.5, 0.6) is 0 Å². The summed E-state index contributed by atoms with van der Waals surface area (Å²) in [6, 6.07) is 7.51. The van der Waals surface area contributed by atoms with Crippen LogP contribution >= 0.6 is 11.3 Å². The van der Waals surface area contributed by atoms with E-state index in [0.29, 0.717) is 6.54 Å². The van der Waals surface area contributed by atoms with Gasteiger partial charge in [-0.2, -0.15) is 0 Å². The molecule has 4 nitrogen and oxygen atoms in total. The van der Waals surface area contributed by atoms with Gasteiger partial charge in [0.15, 0.2) is 0 Å². The van der Waals surface area contributed by atoms with Crippen LogP contribution in [0.2, 0.25) is 0 Å². The highest BCUT2D eigenvalue weighted by Crippen LogP contribution is 2.24. The molecule has 0 spiro atoms. The van der Waals surface area contributed by atoms with Gasteiger partial charge in [-0.1, -0.05) is 25.8 Å². The Hall–Kier alpha value is -1.88. The molecule has 0 saturated heterocycles. The maximum atomic E-state index is 12.5. The standard InChI is InChI=1S/C15H19N3OS/c1-2-3-4-9-18-12(13-6-5-10-20-13)8-7-11(14(16)17)15(18)19/h5-8,10H,2-4,9H2,1H3,(H3,16,17). The molecule has 2 rings (SSSR count). The zero-order valence-corrected chi connectivity index (χ0v) is 12.4. The average molecular weight is 289 g/mol. The van der Waals surface area contributed by atoms with Crippen molar-refractivity contribution in [2.24, 2.45) is 5.73 Å². The second-order valence-corrected chi connectivity index (χ2v) is 5.63. The summed E-state index contributed by atoms with van der Waals surface area (Å²) in [5.74, 6) is -0.169. The van der Waals surface area contributed by atoms with Crippen LogP contribution < -0.4 is 11.3 Å². The van der Waals surface area contributed by atoms with Crippen molar-refractivity contribution in [3.05, 3.63) is 45.6 Å². The van der Waals surface area contributed by atoms with Gasteiger partial charge in [0.2, 0.25) is 0 Å². The second-order valence-electron chi connectivity index (χ2n) is 4.69. The fourth-order valence-electron chi connectivity index (χ4n) is 2.16. The van der Waals surface area contributed by atoms with Gasteiger partial charge in [0.1, 0.15) is 5.84 Å². The first kappa shape index (κ1) is 14.5. The summed E-state index contributed by atoms with van der Waals surface area (Å²) in [6.45, 7) is 2.80. The predicted molar refractivity (Wildman–Crippen MR) is 84.6 cm³/mol. The topological polar surface area (TPSA) is 71.9 Å². The number of nitrogens with zero attached hydrogens (tertiary/aromatic N) is 1. The third-order valence-electron chi connectivity index (χ3n) is 3.22. The SMILES string of the molecule is CCCCCn1c(-c2cccs2)ccc(C(=N)N)c1=O. The Kier molecular flexibility index (Phi) is 4.74. The molecule has 2 heterocycles. The van der Waals surface area contributed by atoms with Crippen molar-refractivity contribution >= 4 is 17.2 Å². The minimum atomic E-state index is -0.169. The van der Waals surface area contributed by atoms with Crippen LogP contribution in [0.3, 0.4) is 0 Å². The van der Waals surface area contributed by atoms with Crippen molar-refractivity contribution in [3.63, 3.8) is 0 Å². The summed E-state index contributed by atoms with van der Waals surface area (Å²) >= 11 is 1.61. The molecule has 0 bridgehead atoms. The van der Waals surface area contributed by atoms with Crippen molar-refractivity contribution < 1.29 is 0 Å². The molecule has 0 unspecified atom stereocenters. The Balaban J connectivity index is 2.48. The number of thiophene rings is 1. The molecule has 2 aromatic rings. The highest BCUT2D eigenvalue weighted by molar-refractivity contribution is 7.13. The van der Waals surface area contributed by atoms with Gasteiger partial charge in [-0.3, -0.25) is 10.2 Å². The summed E-state index contributed by atoms with van der Waals surface area (Å²) in [4.78, 5) is 13.5. The third-order valence-corrected chi connectivity index (χ3v) is 4.12.